The molecule has 0 saturated heterocycles. The summed E-state index contributed by atoms with van der Waals surface area (Å²) in [6, 6.07) is 52.5. The van der Waals surface area contributed by atoms with Gasteiger partial charge in [0.25, 0.3) is 0 Å². The van der Waals surface area contributed by atoms with Gasteiger partial charge in [-0.25, -0.2) is 0 Å². The number of thiophene rings is 1. The first-order valence-corrected chi connectivity index (χ1v) is 23.5. The molecule has 1 radical (unpaired) electrons. The highest BCUT2D eigenvalue weighted by Gasteiger charge is 2.43. The fourth-order valence-corrected chi connectivity index (χ4v) is 12.4. The molecule has 1 aliphatic heterocycles. The highest BCUT2D eigenvalue weighted by Crippen LogP contribution is 2.58. The van der Waals surface area contributed by atoms with Gasteiger partial charge in [-0.2, -0.15) is 0 Å². The zero-order valence-corrected chi connectivity index (χ0v) is 38.4. The van der Waals surface area contributed by atoms with Crippen LogP contribution >= 0.6 is 11.3 Å². The van der Waals surface area contributed by atoms with E-state index in [1.807, 2.05) is 11.3 Å². The Morgan fingerprint density at radius 2 is 1.31 bits per heavy atom. The molecule has 8 aromatic carbocycles. The van der Waals surface area contributed by atoms with Crippen molar-refractivity contribution in [3.8, 4) is 27.9 Å². The van der Waals surface area contributed by atoms with E-state index in [1.54, 1.807) is 0 Å². The second-order valence-electron chi connectivity index (χ2n) is 20.8. The van der Waals surface area contributed by atoms with Gasteiger partial charge in [-0.15, -0.1) is 11.3 Å². The number of aromatic nitrogens is 1. The minimum Gasteiger partial charge on any atom is -0.456 e. The van der Waals surface area contributed by atoms with E-state index in [0.29, 0.717) is 0 Å². The fourth-order valence-electron chi connectivity index (χ4n) is 11.2. The molecule has 64 heavy (non-hydrogen) atoms. The Morgan fingerprint density at radius 1 is 0.594 bits per heavy atom. The molecule has 11 aromatic rings. The summed E-state index contributed by atoms with van der Waals surface area (Å²) in [6.07, 6.45) is 0. The Morgan fingerprint density at radius 3 is 2.11 bits per heavy atom. The molecule has 4 heterocycles. The van der Waals surface area contributed by atoms with Gasteiger partial charge in [0, 0.05) is 75.3 Å². The molecule has 0 atom stereocenters. The van der Waals surface area contributed by atoms with Crippen LogP contribution in [0.1, 0.15) is 77.6 Å². The van der Waals surface area contributed by atoms with Crippen LogP contribution in [-0.2, 0) is 16.2 Å². The number of para-hydroxylation sites is 1. The van der Waals surface area contributed by atoms with E-state index in [0.717, 1.165) is 38.8 Å². The topological polar surface area (TPSA) is 30.1 Å². The number of hydrogen-bond acceptors (Lipinski definition) is 3. The molecule has 1 aliphatic carbocycles. The lowest BCUT2D eigenvalue weighted by molar-refractivity contribution is 0.590. The molecule has 0 fully saturated rings. The molecule has 0 spiro atoms. The zero-order valence-electron chi connectivity index (χ0n) is 37.6. The Labute approximate surface area is 378 Å². The maximum Gasteiger partial charge on any atom is 0.198 e. The first-order valence-electron chi connectivity index (χ1n) is 22.7. The van der Waals surface area contributed by atoms with E-state index in [-0.39, 0.29) is 16.2 Å². The van der Waals surface area contributed by atoms with Crippen molar-refractivity contribution >= 4 is 105 Å². The maximum absolute atomic E-state index is 6.62. The van der Waals surface area contributed by atoms with E-state index in [4.69, 9.17) is 4.42 Å². The number of rotatable bonds is 3. The van der Waals surface area contributed by atoms with E-state index >= 15 is 0 Å². The monoisotopic (exact) mass is 843 g/mol. The molecular formula is C59H48BN2OS. The Balaban J connectivity index is 1.21. The number of furan rings is 1. The predicted octanol–water partition coefficient (Wildman–Crippen LogP) is 15.3. The molecule has 0 unspecified atom stereocenters. The van der Waals surface area contributed by atoms with Crippen molar-refractivity contribution in [1.29, 1.82) is 0 Å². The summed E-state index contributed by atoms with van der Waals surface area (Å²) in [5, 5.41) is 11.5. The highest BCUT2D eigenvalue weighted by atomic mass is 32.1. The third kappa shape index (κ3) is 5.22. The van der Waals surface area contributed by atoms with E-state index in [2.05, 4.69) is 212 Å². The lowest BCUT2D eigenvalue weighted by Gasteiger charge is -2.30. The zero-order chi connectivity index (χ0) is 43.6. The van der Waals surface area contributed by atoms with Crippen LogP contribution in [0.4, 0.5) is 11.4 Å². The van der Waals surface area contributed by atoms with Crippen LogP contribution in [0.5, 0.6) is 0 Å². The lowest BCUT2D eigenvalue weighted by atomic mass is 9.57. The minimum atomic E-state index is -0.309. The van der Waals surface area contributed by atoms with Crippen LogP contribution in [-0.4, -0.2) is 11.8 Å². The molecular weight excluding hydrogens is 796 g/mol. The third-order valence-corrected chi connectivity index (χ3v) is 15.6. The van der Waals surface area contributed by atoms with Crippen molar-refractivity contribution in [3.63, 3.8) is 0 Å². The normalized spacial score (nSPS) is 14.2. The molecule has 3 nitrogen and oxygen atoms in total. The van der Waals surface area contributed by atoms with E-state index in [1.165, 1.54) is 97.6 Å². The number of anilines is 2. The summed E-state index contributed by atoms with van der Waals surface area (Å²) >= 11 is 1.87. The maximum atomic E-state index is 6.62. The minimum absolute atomic E-state index is 0.0256. The molecule has 13 rings (SSSR count). The van der Waals surface area contributed by atoms with Gasteiger partial charge >= 0.3 is 0 Å². The lowest BCUT2D eigenvalue weighted by Crippen LogP contribution is -2.38. The van der Waals surface area contributed by atoms with Crippen LogP contribution in [0.25, 0.3) is 91.9 Å². The van der Waals surface area contributed by atoms with Gasteiger partial charge in [0.05, 0.1) is 5.52 Å². The van der Waals surface area contributed by atoms with Gasteiger partial charge in [0.1, 0.15) is 11.2 Å². The average molecular weight is 844 g/mol. The van der Waals surface area contributed by atoms with Crippen molar-refractivity contribution in [2.24, 2.45) is 0 Å². The SMILES string of the molecule is CC(C)(C)c1ccc(Nc2cc3sc4ccccc4c3cc2-c2c3c(c4c5cc(C(C)(C)C)ccc5n5c4c2[B]c2cc4oc6ccccc6c4cc2-5)-c2ccccc2C3(C)C)cc1. The van der Waals surface area contributed by atoms with E-state index in [9.17, 15) is 0 Å². The van der Waals surface area contributed by atoms with Gasteiger partial charge in [-0.1, -0.05) is 140 Å². The Bertz CT molecular complexity index is 3830. The van der Waals surface area contributed by atoms with Gasteiger partial charge in [0.2, 0.25) is 0 Å². The number of benzene rings is 8. The molecule has 0 amide bonds. The van der Waals surface area contributed by atoms with E-state index < -0.39 is 0 Å². The Hall–Kier alpha value is -6.56. The average Bonchev–Trinajstić information content (AvgIpc) is 3.99. The van der Waals surface area contributed by atoms with Crippen LogP contribution in [0.3, 0.4) is 0 Å². The largest absolute Gasteiger partial charge is 0.456 e. The van der Waals surface area contributed by atoms with Crippen molar-refractivity contribution in [1.82, 2.24) is 4.57 Å². The summed E-state index contributed by atoms with van der Waals surface area (Å²) in [5.41, 5.74) is 20.4. The van der Waals surface area contributed by atoms with Gasteiger partial charge in [-0.05, 0) is 116 Å². The second kappa shape index (κ2) is 12.8. The van der Waals surface area contributed by atoms with Crippen molar-refractivity contribution in [3.05, 3.63) is 162 Å². The first-order chi connectivity index (χ1) is 30.7. The van der Waals surface area contributed by atoms with Crippen LogP contribution < -0.4 is 16.2 Å². The summed E-state index contributed by atoms with van der Waals surface area (Å²) in [6.45, 7) is 18.7. The first kappa shape index (κ1) is 38.0. The van der Waals surface area contributed by atoms with Gasteiger partial charge < -0.3 is 14.3 Å². The summed E-state index contributed by atoms with van der Waals surface area (Å²) < 4.78 is 11.8. The summed E-state index contributed by atoms with van der Waals surface area (Å²) in [7, 11) is 2.49. The molecule has 2 aliphatic rings. The van der Waals surface area contributed by atoms with Crippen LogP contribution in [0.15, 0.2) is 144 Å². The predicted molar refractivity (Wildman–Crippen MR) is 276 cm³/mol. The van der Waals surface area contributed by atoms with Gasteiger partial charge in [-0.3, -0.25) is 0 Å². The number of nitrogens with zero attached hydrogens (tertiary/aromatic N) is 1. The molecule has 0 saturated carbocycles. The molecule has 3 aromatic heterocycles. The Kier molecular flexibility index (Phi) is 7.59. The van der Waals surface area contributed by atoms with Crippen molar-refractivity contribution < 1.29 is 4.42 Å². The quantitative estimate of drug-likeness (QED) is 0.180. The smallest absolute Gasteiger partial charge is 0.198 e. The van der Waals surface area contributed by atoms with Crippen LogP contribution in [0.2, 0.25) is 0 Å². The summed E-state index contributed by atoms with van der Waals surface area (Å²) in [5.74, 6) is 0. The standard InChI is InChI=1S/C59H48BN2OS/c1-57(2,3)32-21-24-34(25-22-32)61-44-31-50-39(36-16-11-14-20-49(36)64-50)28-40(44)53-54-51(37-17-9-12-18-42(37)59(54,7)8)52-41-27-33(58(4,5)6)23-26-45(41)62-46-29-38-35-15-10-13-19-47(35)63-48(38)30-43(46)60-55(53)56(52)62/h9-31,61H,1-8H3. The number of fused-ring (bicyclic) bond motifs is 15. The van der Waals surface area contributed by atoms with Gasteiger partial charge in [0.15, 0.2) is 7.28 Å². The van der Waals surface area contributed by atoms with Crippen molar-refractivity contribution in [2.45, 2.75) is 71.6 Å². The van der Waals surface area contributed by atoms with Crippen LogP contribution in [0, 0.1) is 0 Å². The number of nitrogens with one attached hydrogen (secondary N) is 1. The fraction of sp³-hybridized carbons (Fsp3) is 0.186. The second-order valence-corrected chi connectivity index (χ2v) is 21.9. The highest BCUT2D eigenvalue weighted by molar-refractivity contribution is 7.25. The molecule has 1 N–H and O–H groups in total. The number of hydrogen-bond donors (Lipinski definition) is 1. The molecule has 5 heteroatoms. The molecule has 0 bridgehead atoms. The molecule has 309 valence electrons. The summed E-state index contributed by atoms with van der Waals surface area (Å²) in [4.78, 5) is 0. The third-order valence-electron chi connectivity index (χ3n) is 14.5. The van der Waals surface area contributed by atoms with Crippen molar-refractivity contribution in [2.75, 3.05) is 5.32 Å².